The Bertz CT molecular complexity index is 936. The Kier molecular flexibility index (Phi) is 3.91. The molecule has 23 heavy (non-hydrogen) atoms. The number of hydrogen-bond acceptors (Lipinski definition) is 4. The molecule has 4 nitrogen and oxygen atoms in total. The van der Waals surface area contributed by atoms with Crippen LogP contribution in [0.2, 0.25) is 0 Å². The molecule has 0 aliphatic heterocycles. The fraction of sp³-hybridized carbons (Fsp3) is 0.0667. The molecule has 0 aliphatic carbocycles. The van der Waals surface area contributed by atoms with Crippen molar-refractivity contribution in [1.82, 2.24) is 10.2 Å². The first kappa shape index (κ1) is 15.3. The fourth-order valence-corrected chi connectivity index (χ4v) is 2.22. The summed E-state index contributed by atoms with van der Waals surface area (Å²) in [5.74, 6) is -3.03. The Balaban J connectivity index is 2.07. The van der Waals surface area contributed by atoms with E-state index in [4.69, 9.17) is 16.6 Å². The van der Waals surface area contributed by atoms with E-state index in [-0.39, 0.29) is 16.4 Å². The van der Waals surface area contributed by atoms with Crippen molar-refractivity contribution in [3.63, 3.8) is 0 Å². The summed E-state index contributed by atoms with van der Waals surface area (Å²) in [6.07, 6.45) is 0. The molecule has 0 bridgehead atoms. The molecule has 8 heteroatoms. The van der Waals surface area contributed by atoms with Gasteiger partial charge in [0.15, 0.2) is 17.5 Å². The van der Waals surface area contributed by atoms with Crippen molar-refractivity contribution in [2.75, 3.05) is 5.32 Å². The van der Waals surface area contributed by atoms with Crippen LogP contribution in [0.1, 0.15) is 5.56 Å². The third kappa shape index (κ3) is 2.85. The number of anilines is 2. The van der Waals surface area contributed by atoms with E-state index in [9.17, 15) is 13.2 Å². The van der Waals surface area contributed by atoms with Crippen LogP contribution < -0.4 is 5.32 Å². The summed E-state index contributed by atoms with van der Waals surface area (Å²) >= 11 is 4.82. The van der Waals surface area contributed by atoms with Crippen LogP contribution in [0.15, 0.2) is 34.7 Å². The van der Waals surface area contributed by atoms with Crippen LogP contribution in [0.5, 0.6) is 0 Å². The number of nitrogens with one attached hydrogen (secondary N) is 2. The molecule has 1 aromatic heterocycles. The molecule has 0 saturated carbocycles. The lowest BCUT2D eigenvalue weighted by atomic mass is 10.1. The van der Waals surface area contributed by atoms with Gasteiger partial charge in [-0.05, 0) is 31.3 Å². The molecule has 1 heterocycles. The maximum absolute atomic E-state index is 14.1. The van der Waals surface area contributed by atoms with Crippen molar-refractivity contribution in [1.29, 1.82) is 0 Å². The van der Waals surface area contributed by atoms with Crippen LogP contribution >= 0.6 is 12.2 Å². The summed E-state index contributed by atoms with van der Waals surface area (Å²) in [6.45, 7) is 1.16. The predicted octanol–water partition coefficient (Wildman–Crippen LogP) is 4.87. The van der Waals surface area contributed by atoms with Crippen LogP contribution in [-0.2, 0) is 0 Å². The highest BCUT2D eigenvalue weighted by atomic mass is 32.1. The van der Waals surface area contributed by atoms with E-state index in [1.165, 1.54) is 0 Å². The van der Waals surface area contributed by atoms with Gasteiger partial charge in [0.1, 0.15) is 0 Å². The largest absolute Gasteiger partial charge is 0.409 e. The average molecular weight is 337 g/mol. The van der Waals surface area contributed by atoms with E-state index in [2.05, 4.69) is 15.5 Å². The SMILES string of the molecule is Cc1c(F)c(F)cc(Nc2ccccc2-c2n[nH]c(=S)o2)c1F. The molecule has 2 N–H and O–H groups in total. The second-order valence-electron chi connectivity index (χ2n) is 4.75. The molecule has 0 spiro atoms. The molecule has 0 unspecified atom stereocenters. The lowest BCUT2D eigenvalue weighted by molar-refractivity contribution is 0.488. The first-order chi connectivity index (χ1) is 11.0. The first-order valence-electron chi connectivity index (χ1n) is 6.53. The van der Waals surface area contributed by atoms with Crippen molar-refractivity contribution in [3.8, 4) is 11.5 Å². The van der Waals surface area contributed by atoms with Crippen LogP contribution in [-0.4, -0.2) is 10.2 Å². The Morgan fingerprint density at radius 2 is 1.87 bits per heavy atom. The van der Waals surface area contributed by atoms with Gasteiger partial charge < -0.3 is 9.73 Å². The zero-order chi connectivity index (χ0) is 16.6. The minimum Gasteiger partial charge on any atom is -0.409 e. The monoisotopic (exact) mass is 337 g/mol. The minimum atomic E-state index is -1.21. The number of rotatable bonds is 3. The third-order valence-corrected chi connectivity index (χ3v) is 3.42. The van der Waals surface area contributed by atoms with Gasteiger partial charge in [0.25, 0.3) is 4.84 Å². The number of halogens is 3. The molecule has 0 amide bonds. The molecular weight excluding hydrogens is 327 g/mol. The summed E-state index contributed by atoms with van der Waals surface area (Å²) in [5, 5.41) is 9.11. The third-order valence-electron chi connectivity index (χ3n) is 3.24. The first-order valence-corrected chi connectivity index (χ1v) is 6.94. The molecule has 118 valence electrons. The van der Waals surface area contributed by atoms with Gasteiger partial charge in [0, 0.05) is 11.6 Å². The smallest absolute Gasteiger partial charge is 0.284 e. The Morgan fingerprint density at radius 1 is 1.13 bits per heavy atom. The van der Waals surface area contributed by atoms with Gasteiger partial charge in [-0.2, -0.15) is 0 Å². The Labute approximate surface area is 134 Å². The van der Waals surface area contributed by atoms with Gasteiger partial charge >= 0.3 is 0 Å². The maximum Gasteiger partial charge on any atom is 0.284 e. The standard InChI is InChI=1S/C15H10F3N3OS/c1-7-12(17)9(16)6-11(13(7)18)19-10-5-3-2-4-8(10)14-20-21-15(23)22-14/h2-6,19H,1H3,(H,21,23). The second-order valence-corrected chi connectivity index (χ2v) is 5.12. The minimum absolute atomic E-state index is 0.0876. The highest BCUT2D eigenvalue weighted by Crippen LogP contribution is 2.31. The topological polar surface area (TPSA) is 53.9 Å². The molecule has 3 aromatic rings. The lowest BCUT2D eigenvalue weighted by Gasteiger charge is -2.12. The zero-order valence-corrected chi connectivity index (χ0v) is 12.6. The number of para-hydroxylation sites is 1. The zero-order valence-electron chi connectivity index (χ0n) is 11.8. The molecule has 0 saturated heterocycles. The van der Waals surface area contributed by atoms with Crippen LogP contribution in [0.3, 0.4) is 0 Å². The van der Waals surface area contributed by atoms with Crippen molar-refractivity contribution < 1.29 is 17.6 Å². The number of hydrogen-bond donors (Lipinski definition) is 2. The number of aromatic nitrogens is 2. The van der Waals surface area contributed by atoms with Crippen molar-refractivity contribution in [2.24, 2.45) is 0 Å². The van der Waals surface area contributed by atoms with Crippen LogP contribution in [0.4, 0.5) is 24.5 Å². The number of benzene rings is 2. The highest BCUT2D eigenvalue weighted by molar-refractivity contribution is 7.71. The van der Waals surface area contributed by atoms with E-state index < -0.39 is 23.0 Å². The summed E-state index contributed by atoms with van der Waals surface area (Å²) < 4.78 is 46.3. The van der Waals surface area contributed by atoms with E-state index in [1.807, 2.05) is 0 Å². The summed E-state index contributed by atoms with van der Waals surface area (Å²) in [5.41, 5.74) is 0.300. The number of aromatic amines is 1. The van der Waals surface area contributed by atoms with Gasteiger partial charge in [-0.3, -0.25) is 0 Å². The van der Waals surface area contributed by atoms with E-state index in [0.29, 0.717) is 11.3 Å². The summed E-state index contributed by atoms with van der Waals surface area (Å²) in [7, 11) is 0. The van der Waals surface area contributed by atoms with Gasteiger partial charge in [0.05, 0.1) is 16.9 Å². The van der Waals surface area contributed by atoms with Crippen molar-refractivity contribution in [3.05, 3.63) is 58.2 Å². The predicted molar refractivity (Wildman–Crippen MR) is 81.5 cm³/mol. The average Bonchev–Trinajstić information content (AvgIpc) is 2.97. The van der Waals surface area contributed by atoms with E-state index >= 15 is 0 Å². The molecule has 3 rings (SSSR count). The van der Waals surface area contributed by atoms with Crippen LogP contribution in [0, 0.1) is 29.2 Å². The quantitative estimate of drug-likeness (QED) is 0.529. The highest BCUT2D eigenvalue weighted by Gasteiger charge is 2.17. The molecule has 2 aromatic carbocycles. The Hall–Kier alpha value is -2.61. The van der Waals surface area contributed by atoms with E-state index in [0.717, 1.165) is 13.0 Å². The van der Waals surface area contributed by atoms with Crippen LogP contribution in [0.25, 0.3) is 11.5 Å². The normalized spacial score (nSPS) is 10.8. The molecule has 0 atom stereocenters. The second kappa shape index (κ2) is 5.88. The number of H-pyrrole nitrogens is 1. The van der Waals surface area contributed by atoms with Gasteiger partial charge in [-0.25, -0.2) is 18.3 Å². The molecule has 0 fully saturated rings. The van der Waals surface area contributed by atoms with Crippen molar-refractivity contribution in [2.45, 2.75) is 6.92 Å². The molecular formula is C15H10F3N3OS. The summed E-state index contributed by atoms with van der Waals surface area (Å²) in [4.78, 5) is 0.0876. The van der Waals surface area contributed by atoms with Gasteiger partial charge in [-0.15, -0.1) is 5.10 Å². The van der Waals surface area contributed by atoms with Crippen molar-refractivity contribution >= 4 is 23.6 Å². The maximum atomic E-state index is 14.1. The summed E-state index contributed by atoms with van der Waals surface area (Å²) in [6, 6.07) is 7.47. The lowest BCUT2D eigenvalue weighted by Crippen LogP contribution is -2.02. The van der Waals surface area contributed by atoms with Gasteiger partial charge in [0.2, 0.25) is 5.89 Å². The molecule has 0 aliphatic rings. The molecule has 0 radical (unpaired) electrons. The fourth-order valence-electron chi connectivity index (χ4n) is 2.09. The Morgan fingerprint density at radius 3 is 2.57 bits per heavy atom. The number of nitrogens with zero attached hydrogens (tertiary/aromatic N) is 1. The van der Waals surface area contributed by atoms with E-state index in [1.54, 1.807) is 24.3 Å². The van der Waals surface area contributed by atoms with Gasteiger partial charge in [-0.1, -0.05) is 12.1 Å².